The van der Waals surface area contributed by atoms with Gasteiger partial charge in [-0.1, -0.05) is 24.6 Å². The quantitative estimate of drug-likeness (QED) is 0.426. The summed E-state index contributed by atoms with van der Waals surface area (Å²) in [5.41, 5.74) is 2.20. The average molecular weight is 453 g/mol. The average Bonchev–Trinajstić information content (AvgIpc) is 3.37. The zero-order chi connectivity index (χ0) is 22.1. The number of thioether (sulfide) groups is 1. The van der Waals surface area contributed by atoms with Gasteiger partial charge >= 0.3 is 0 Å². The second-order valence-corrected chi connectivity index (χ2v) is 10.4. The van der Waals surface area contributed by atoms with E-state index in [2.05, 4.69) is 11.4 Å². The second-order valence-electron chi connectivity index (χ2n) is 7.91. The van der Waals surface area contributed by atoms with E-state index in [-0.39, 0.29) is 17.5 Å². The smallest absolute Gasteiger partial charge is 0.263 e. The summed E-state index contributed by atoms with van der Waals surface area (Å²) in [5.74, 6) is -0.166. The normalized spacial score (nSPS) is 15.2. The predicted molar refractivity (Wildman–Crippen MR) is 126 cm³/mol. The van der Waals surface area contributed by atoms with Crippen LogP contribution in [-0.4, -0.2) is 20.7 Å². The Balaban J connectivity index is 1.64. The van der Waals surface area contributed by atoms with Gasteiger partial charge < -0.3 is 5.32 Å². The number of rotatable bonds is 5. The molecule has 1 aliphatic carbocycles. The number of hydrogen-bond donors (Lipinski definition) is 1. The zero-order valence-corrected chi connectivity index (χ0v) is 19.4. The molecule has 0 radical (unpaired) electrons. The van der Waals surface area contributed by atoms with Crippen LogP contribution in [0.25, 0.3) is 10.2 Å². The molecule has 1 atom stereocenters. The lowest BCUT2D eigenvalue weighted by Gasteiger charge is -2.20. The monoisotopic (exact) mass is 452 g/mol. The molecule has 2 heterocycles. The van der Waals surface area contributed by atoms with Crippen LogP contribution in [0.1, 0.15) is 54.7 Å². The van der Waals surface area contributed by atoms with Crippen molar-refractivity contribution < 1.29 is 4.79 Å². The highest BCUT2D eigenvalue weighted by Crippen LogP contribution is 2.35. The van der Waals surface area contributed by atoms with Crippen molar-refractivity contribution >= 4 is 44.9 Å². The van der Waals surface area contributed by atoms with Gasteiger partial charge in [-0.2, -0.15) is 5.26 Å². The summed E-state index contributed by atoms with van der Waals surface area (Å²) >= 11 is 2.87. The van der Waals surface area contributed by atoms with Crippen LogP contribution in [0.4, 0.5) is 5.69 Å². The van der Waals surface area contributed by atoms with Crippen molar-refractivity contribution in [3.63, 3.8) is 0 Å². The molecule has 1 amide bonds. The number of aromatic nitrogens is 2. The third kappa shape index (κ3) is 4.25. The van der Waals surface area contributed by atoms with Crippen LogP contribution in [0.5, 0.6) is 0 Å². The molecule has 0 saturated heterocycles. The Labute approximate surface area is 189 Å². The number of nitrogens with zero attached hydrogens (tertiary/aromatic N) is 3. The van der Waals surface area contributed by atoms with Crippen molar-refractivity contribution in [3.8, 4) is 6.07 Å². The van der Waals surface area contributed by atoms with Crippen molar-refractivity contribution in [1.29, 1.82) is 5.26 Å². The molecule has 1 saturated carbocycles. The van der Waals surface area contributed by atoms with Crippen LogP contribution in [0.15, 0.2) is 34.2 Å². The van der Waals surface area contributed by atoms with E-state index in [0.29, 0.717) is 21.8 Å². The second kappa shape index (κ2) is 8.85. The maximum absolute atomic E-state index is 13.5. The molecule has 1 unspecified atom stereocenters. The molecule has 6 nitrogen and oxygen atoms in total. The Morgan fingerprint density at radius 2 is 1.97 bits per heavy atom. The van der Waals surface area contributed by atoms with Gasteiger partial charge in [0.05, 0.1) is 22.3 Å². The van der Waals surface area contributed by atoms with Gasteiger partial charge in [0.1, 0.15) is 4.83 Å². The molecule has 0 bridgehead atoms. The maximum Gasteiger partial charge on any atom is 0.263 e. The number of fused-ring (bicyclic) bond motifs is 1. The standard InChI is InChI=1S/C23H24N4O2S2/c1-13-14(2)30-21-19(13)22(29)27(18-6-4-5-7-18)23(26-21)31-15(3)20(28)25-17-10-8-16(12-24)9-11-17/h8-11,15,18H,4-7H2,1-3H3,(H,25,28). The number of nitriles is 1. The first-order valence-corrected chi connectivity index (χ1v) is 12.1. The van der Waals surface area contributed by atoms with E-state index in [4.69, 9.17) is 10.2 Å². The zero-order valence-electron chi connectivity index (χ0n) is 17.8. The number of carbonyl (C=O) groups excluding carboxylic acids is 1. The minimum atomic E-state index is -0.435. The number of nitrogens with one attached hydrogen (secondary N) is 1. The number of benzene rings is 1. The fourth-order valence-corrected chi connectivity index (χ4v) is 5.99. The van der Waals surface area contributed by atoms with Crippen LogP contribution in [0.3, 0.4) is 0 Å². The Kier molecular flexibility index (Phi) is 6.17. The van der Waals surface area contributed by atoms with Crippen LogP contribution in [0, 0.1) is 25.2 Å². The molecule has 31 heavy (non-hydrogen) atoms. The molecule has 0 aliphatic heterocycles. The lowest BCUT2D eigenvalue weighted by molar-refractivity contribution is -0.115. The van der Waals surface area contributed by atoms with E-state index >= 15 is 0 Å². The molecule has 4 rings (SSSR count). The number of amides is 1. The highest BCUT2D eigenvalue weighted by molar-refractivity contribution is 8.00. The fourth-order valence-electron chi connectivity index (χ4n) is 3.94. The van der Waals surface area contributed by atoms with Crippen LogP contribution < -0.4 is 10.9 Å². The van der Waals surface area contributed by atoms with Crippen molar-refractivity contribution in [2.45, 2.75) is 62.9 Å². The first-order chi connectivity index (χ1) is 14.9. The van der Waals surface area contributed by atoms with E-state index < -0.39 is 5.25 Å². The molecule has 0 spiro atoms. The van der Waals surface area contributed by atoms with Crippen molar-refractivity contribution in [1.82, 2.24) is 9.55 Å². The van der Waals surface area contributed by atoms with Gasteiger partial charge in [0.2, 0.25) is 5.91 Å². The van der Waals surface area contributed by atoms with Gasteiger partial charge in [-0.25, -0.2) is 4.98 Å². The number of thiophene rings is 1. The summed E-state index contributed by atoms with van der Waals surface area (Å²) in [6, 6.07) is 8.97. The van der Waals surface area contributed by atoms with Gasteiger partial charge in [-0.05, 0) is 63.4 Å². The Hall–Kier alpha value is -2.63. The van der Waals surface area contributed by atoms with Crippen LogP contribution in [0.2, 0.25) is 0 Å². The Morgan fingerprint density at radius 1 is 1.29 bits per heavy atom. The van der Waals surface area contributed by atoms with E-state index in [1.165, 1.54) is 23.1 Å². The molecular weight excluding hydrogens is 428 g/mol. The number of hydrogen-bond acceptors (Lipinski definition) is 6. The summed E-state index contributed by atoms with van der Waals surface area (Å²) in [6.45, 7) is 5.82. The molecule has 8 heteroatoms. The van der Waals surface area contributed by atoms with E-state index in [9.17, 15) is 9.59 Å². The molecule has 1 aliphatic rings. The first-order valence-electron chi connectivity index (χ1n) is 10.4. The number of anilines is 1. The third-order valence-corrected chi connectivity index (χ3v) is 7.99. The van der Waals surface area contributed by atoms with Crippen molar-refractivity contribution in [3.05, 3.63) is 50.6 Å². The highest BCUT2D eigenvalue weighted by atomic mass is 32.2. The minimum absolute atomic E-state index is 0.0148. The molecule has 160 valence electrons. The summed E-state index contributed by atoms with van der Waals surface area (Å²) < 4.78 is 1.84. The SMILES string of the molecule is Cc1sc2nc(SC(C)C(=O)Nc3ccc(C#N)cc3)n(C3CCCC3)c(=O)c2c1C. The summed E-state index contributed by atoms with van der Waals surface area (Å²) in [6.07, 6.45) is 4.15. The van der Waals surface area contributed by atoms with Gasteiger partial charge in [-0.15, -0.1) is 11.3 Å². The summed E-state index contributed by atoms with van der Waals surface area (Å²) in [4.78, 5) is 33.0. The lowest BCUT2D eigenvalue weighted by atomic mass is 10.2. The van der Waals surface area contributed by atoms with Crippen molar-refractivity contribution in [2.24, 2.45) is 0 Å². The van der Waals surface area contributed by atoms with Crippen molar-refractivity contribution in [2.75, 3.05) is 5.32 Å². The van der Waals surface area contributed by atoms with Gasteiger partial charge in [0, 0.05) is 16.6 Å². The van der Waals surface area contributed by atoms with E-state index in [1.807, 2.05) is 25.3 Å². The predicted octanol–water partition coefficient (Wildman–Crippen LogP) is 5.18. The van der Waals surface area contributed by atoms with E-state index in [0.717, 1.165) is 41.0 Å². The summed E-state index contributed by atoms with van der Waals surface area (Å²) in [5, 5.41) is 12.7. The minimum Gasteiger partial charge on any atom is -0.325 e. The van der Waals surface area contributed by atoms with Crippen LogP contribution >= 0.6 is 23.1 Å². The molecular formula is C23H24N4O2S2. The Bertz CT molecular complexity index is 1230. The summed E-state index contributed by atoms with van der Waals surface area (Å²) in [7, 11) is 0. The Morgan fingerprint density at radius 3 is 2.61 bits per heavy atom. The lowest BCUT2D eigenvalue weighted by Crippen LogP contribution is -2.28. The molecule has 2 aromatic heterocycles. The van der Waals surface area contributed by atoms with E-state index in [1.54, 1.807) is 24.3 Å². The largest absolute Gasteiger partial charge is 0.325 e. The molecule has 1 aromatic carbocycles. The maximum atomic E-state index is 13.5. The van der Waals surface area contributed by atoms with Gasteiger partial charge in [0.25, 0.3) is 5.56 Å². The topological polar surface area (TPSA) is 87.8 Å². The first kappa shape index (κ1) is 21.6. The molecule has 3 aromatic rings. The fraction of sp³-hybridized carbons (Fsp3) is 0.391. The highest BCUT2D eigenvalue weighted by Gasteiger charge is 2.27. The number of aryl methyl sites for hydroxylation is 2. The van der Waals surface area contributed by atoms with Gasteiger partial charge in [0.15, 0.2) is 5.16 Å². The number of carbonyl (C=O) groups is 1. The molecule has 1 fully saturated rings. The molecule has 1 N–H and O–H groups in total. The van der Waals surface area contributed by atoms with Crippen LogP contribution in [-0.2, 0) is 4.79 Å². The third-order valence-electron chi connectivity index (χ3n) is 5.83. The van der Waals surface area contributed by atoms with Gasteiger partial charge in [-0.3, -0.25) is 14.2 Å².